The number of ether oxygens (including phenoxy) is 6. The molecule has 5 rings (SSSR count). The SMILES string of the molecule is COC(=O)C[C@](O)(CCCC(C)(C)OC(C)=O)C(=O)O[C@@H]1C(OC)=C[C@H]2CCCN3CCc4cc5c(cc4[C@H]1C23)OCO5. The molecule has 11 nitrogen and oxygen atoms in total. The summed E-state index contributed by atoms with van der Waals surface area (Å²) in [6.45, 7) is 6.77. The number of nitrogens with zero attached hydrogens (tertiary/aromatic N) is 1. The highest BCUT2D eigenvalue weighted by atomic mass is 16.7. The molecule has 4 aliphatic rings. The van der Waals surface area contributed by atoms with E-state index in [2.05, 4.69) is 11.0 Å². The fraction of sp³-hybridized carbons (Fsp3) is 0.656. The number of aliphatic hydroxyl groups is 1. The van der Waals surface area contributed by atoms with Crippen LogP contribution in [0.3, 0.4) is 0 Å². The third kappa shape index (κ3) is 6.47. The molecule has 11 heteroatoms. The second-order valence-electron chi connectivity index (χ2n) is 12.6. The fourth-order valence-electron chi connectivity index (χ4n) is 7.22. The van der Waals surface area contributed by atoms with Gasteiger partial charge in [-0.25, -0.2) is 4.79 Å². The van der Waals surface area contributed by atoms with E-state index in [1.54, 1.807) is 21.0 Å². The molecular formula is C32H43NO10. The van der Waals surface area contributed by atoms with Crippen LogP contribution in [-0.4, -0.2) is 85.4 Å². The number of benzene rings is 1. The van der Waals surface area contributed by atoms with Crippen molar-refractivity contribution in [2.45, 2.75) is 95.0 Å². The first-order chi connectivity index (χ1) is 20.4. The molecule has 1 aromatic rings. The highest BCUT2D eigenvalue weighted by Gasteiger charge is 2.52. The zero-order valence-corrected chi connectivity index (χ0v) is 25.7. The lowest BCUT2D eigenvalue weighted by Gasteiger charge is -2.48. The van der Waals surface area contributed by atoms with E-state index in [1.807, 2.05) is 12.1 Å². The van der Waals surface area contributed by atoms with Crippen molar-refractivity contribution in [3.05, 3.63) is 35.1 Å². The van der Waals surface area contributed by atoms with Crippen molar-refractivity contribution >= 4 is 17.9 Å². The van der Waals surface area contributed by atoms with Crippen molar-refractivity contribution < 1.29 is 47.9 Å². The van der Waals surface area contributed by atoms with E-state index in [0.717, 1.165) is 43.5 Å². The highest BCUT2D eigenvalue weighted by Crippen LogP contribution is 2.49. The number of fused-ring (bicyclic) bond motifs is 3. The molecule has 1 aliphatic carbocycles. The van der Waals surface area contributed by atoms with Crippen LogP contribution in [0.2, 0.25) is 0 Å². The van der Waals surface area contributed by atoms with Crippen LogP contribution in [-0.2, 0) is 39.8 Å². The van der Waals surface area contributed by atoms with Gasteiger partial charge in [0.15, 0.2) is 23.2 Å². The fourth-order valence-corrected chi connectivity index (χ4v) is 7.22. The number of esters is 3. The predicted molar refractivity (Wildman–Crippen MR) is 153 cm³/mol. The van der Waals surface area contributed by atoms with E-state index in [-0.39, 0.29) is 37.5 Å². The second kappa shape index (κ2) is 12.4. The summed E-state index contributed by atoms with van der Waals surface area (Å²) in [5.41, 5.74) is -0.876. The zero-order valence-electron chi connectivity index (χ0n) is 25.7. The number of carbonyl (C=O) groups excluding carboxylic acids is 3. The molecule has 43 heavy (non-hydrogen) atoms. The second-order valence-corrected chi connectivity index (χ2v) is 12.6. The summed E-state index contributed by atoms with van der Waals surface area (Å²) in [5, 5.41) is 11.7. The molecule has 1 N–H and O–H groups in total. The largest absolute Gasteiger partial charge is 0.497 e. The molecule has 0 spiro atoms. The maximum atomic E-state index is 14.0. The van der Waals surface area contributed by atoms with E-state index < -0.39 is 41.6 Å². The number of hydrogen-bond donors (Lipinski definition) is 1. The van der Waals surface area contributed by atoms with Gasteiger partial charge in [0.05, 0.1) is 20.6 Å². The molecule has 0 amide bonds. The van der Waals surface area contributed by atoms with Gasteiger partial charge in [-0.05, 0) is 94.2 Å². The van der Waals surface area contributed by atoms with E-state index in [9.17, 15) is 19.5 Å². The van der Waals surface area contributed by atoms with Crippen LogP contribution in [0, 0.1) is 5.92 Å². The molecule has 1 saturated heterocycles. The van der Waals surface area contributed by atoms with E-state index in [0.29, 0.717) is 23.7 Å². The van der Waals surface area contributed by atoms with Gasteiger partial charge in [-0.1, -0.05) is 0 Å². The maximum Gasteiger partial charge on any atom is 0.339 e. The molecule has 0 radical (unpaired) electrons. The van der Waals surface area contributed by atoms with Gasteiger partial charge in [-0.3, -0.25) is 14.5 Å². The van der Waals surface area contributed by atoms with Crippen molar-refractivity contribution in [3.8, 4) is 11.5 Å². The summed E-state index contributed by atoms with van der Waals surface area (Å²) in [4.78, 5) is 40.4. The summed E-state index contributed by atoms with van der Waals surface area (Å²) < 4.78 is 33.7. The maximum absolute atomic E-state index is 14.0. The Labute approximate surface area is 252 Å². The first-order valence-electron chi connectivity index (χ1n) is 15.1. The standard InChI is InChI=1S/C32H43NO10/c1-19(34)43-31(2,3)10-7-11-32(37,17-26(35)39-5)30(36)42-29-25(38-4)15-21-8-6-12-33-13-9-20-14-23-24(41-18-40-23)16-22(20)27(29)28(21)33/h14-16,21,27-29,37H,6-13,17-18H2,1-5H3/t21-,27+,28?,29-,32-/m1/s1. The van der Waals surface area contributed by atoms with Gasteiger partial charge in [-0.2, -0.15) is 0 Å². The topological polar surface area (TPSA) is 130 Å². The minimum absolute atomic E-state index is 0.0466. The Morgan fingerprint density at radius 3 is 2.53 bits per heavy atom. The Bertz CT molecular complexity index is 1270. The molecule has 1 aromatic carbocycles. The van der Waals surface area contributed by atoms with E-state index in [4.69, 9.17) is 28.4 Å². The number of piperidine rings is 1. The summed E-state index contributed by atoms with van der Waals surface area (Å²) in [6.07, 6.45) is 4.02. The van der Waals surface area contributed by atoms with Crippen molar-refractivity contribution in [1.82, 2.24) is 4.90 Å². The number of rotatable bonds is 10. The van der Waals surface area contributed by atoms with Gasteiger partial charge in [-0.15, -0.1) is 0 Å². The Kier molecular flexibility index (Phi) is 8.94. The molecule has 1 fully saturated rings. The number of carbonyl (C=O) groups is 3. The summed E-state index contributed by atoms with van der Waals surface area (Å²) in [7, 11) is 2.76. The van der Waals surface area contributed by atoms with Gasteiger partial charge in [0.25, 0.3) is 0 Å². The predicted octanol–water partition coefficient (Wildman–Crippen LogP) is 3.40. The molecule has 0 bridgehead atoms. The van der Waals surface area contributed by atoms with Crippen LogP contribution in [0.1, 0.15) is 76.3 Å². The monoisotopic (exact) mass is 601 g/mol. The minimum Gasteiger partial charge on any atom is -0.497 e. The normalized spacial score (nSPS) is 25.7. The first kappa shape index (κ1) is 31.1. The third-order valence-corrected chi connectivity index (χ3v) is 9.16. The smallest absolute Gasteiger partial charge is 0.339 e. The Morgan fingerprint density at radius 2 is 1.84 bits per heavy atom. The van der Waals surface area contributed by atoms with Crippen LogP contribution < -0.4 is 9.47 Å². The zero-order chi connectivity index (χ0) is 30.9. The van der Waals surface area contributed by atoms with Gasteiger partial charge in [0, 0.05) is 25.4 Å². The van der Waals surface area contributed by atoms with Crippen LogP contribution in [0.5, 0.6) is 11.5 Å². The minimum atomic E-state index is -2.16. The molecule has 1 unspecified atom stereocenters. The quantitative estimate of drug-likeness (QED) is 0.313. The summed E-state index contributed by atoms with van der Waals surface area (Å²) in [5.74, 6) is -0.333. The summed E-state index contributed by atoms with van der Waals surface area (Å²) in [6, 6.07) is 4.06. The average Bonchev–Trinajstić information content (AvgIpc) is 3.34. The van der Waals surface area contributed by atoms with Gasteiger partial charge >= 0.3 is 17.9 Å². The van der Waals surface area contributed by atoms with Crippen molar-refractivity contribution in [3.63, 3.8) is 0 Å². The van der Waals surface area contributed by atoms with Crippen molar-refractivity contribution in [2.24, 2.45) is 5.92 Å². The lowest BCUT2D eigenvalue weighted by molar-refractivity contribution is -0.180. The van der Waals surface area contributed by atoms with Crippen molar-refractivity contribution in [2.75, 3.05) is 34.1 Å². The molecule has 0 aromatic heterocycles. The Morgan fingerprint density at radius 1 is 1.09 bits per heavy atom. The van der Waals surface area contributed by atoms with Crippen LogP contribution in [0.4, 0.5) is 0 Å². The molecule has 3 aliphatic heterocycles. The molecule has 3 heterocycles. The Hall–Kier alpha value is -3.31. The van der Waals surface area contributed by atoms with Gasteiger partial charge < -0.3 is 33.5 Å². The van der Waals surface area contributed by atoms with Gasteiger partial charge in [0.2, 0.25) is 6.79 Å². The first-order valence-corrected chi connectivity index (χ1v) is 15.1. The molecule has 0 saturated carbocycles. The van der Waals surface area contributed by atoms with E-state index >= 15 is 0 Å². The number of hydrogen-bond acceptors (Lipinski definition) is 11. The molecule has 236 valence electrons. The molecule has 5 atom stereocenters. The Balaban J connectivity index is 1.48. The van der Waals surface area contributed by atoms with E-state index in [1.165, 1.54) is 14.0 Å². The average molecular weight is 602 g/mol. The van der Waals surface area contributed by atoms with Crippen LogP contribution in [0.15, 0.2) is 24.0 Å². The van der Waals surface area contributed by atoms with Crippen LogP contribution in [0.25, 0.3) is 0 Å². The lowest BCUT2D eigenvalue weighted by Crippen LogP contribution is -2.55. The number of methoxy groups -OCH3 is 2. The van der Waals surface area contributed by atoms with Crippen LogP contribution >= 0.6 is 0 Å². The third-order valence-electron chi connectivity index (χ3n) is 9.16. The van der Waals surface area contributed by atoms with Gasteiger partial charge in [0.1, 0.15) is 11.4 Å². The van der Waals surface area contributed by atoms with Crippen molar-refractivity contribution in [1.29, 1.82) is 0 Å². The molecular weight excluding hydrogens is 558 g/mol. The highest BCUT2D eigenvalue weighted by molar-refractivity contribution is 5.86. The summed E-state index contributed by atoms with van der Waals surface area (Å²) >= 11 is 0. The lowest BCUT2D eigenvalue weighted by atomic mass is 9.71.